The second kappa shape index (κ2) is 8.52. The number of ether oxygens (including phenoxy) is 1. The van der Waals surface area contributed by atoms with Crippen LogP contribution in [0.15, 0.2) is 24.3 Å². The predicted molar refractivity (Wildman–Crippen MR) is 88.6 cm³/mol. The predicted octanol–water partition coefficient (Wildman–Crippen LogP) is 3.00. The number of aryl methyl sites for hydroxylation is 1. The van der Waals surface area contributed by atoms with Crippen LogP contribution in [0.4, 0.5) is 0 Å². The zero-order chi connectivity index (χ0) is 15.1. The number of nitrogens with zero attached hydrogens (tertiary/aromatic N) is 1. The molecule has 118 valence electrons. The van der Waals surface area contributed by atoms with Crippen molar-refractivity contribution in [3.05, 3.63) is 35.4 Å². The molecule has 0 aliphatic heterocycles. The van der Waals surface area contributed by atoms with Crippen LogP contribution < -0.4 is 5.32 Å². The van der Waals surface area contributed by atoms with E-state index in [-0.39, 0.29) is 0 Å². The van der Waals surface area contributed by atoms with E-state index < -0.39 is 0 Å². The average Bonchev–Trinajstić information content (AvgIpc) is 3.27. The van der Waals surface area contributed by atoms with Crippen molar-refractivity contribution in [3.8, 4) is 0 Å². The third-order valence-corrected chi connectivity index (χ3v) is 4.06. The summed E-state index contributed by atoms with van der Waals surface area (Å²) in [6.07, 6.45) is 2.73. The summed E-state index contributed by atoms with van der Waals surface area (Å²) < 4.78 is 5.73. The highest BCUT2D eigenvalue weighted by Crippen LogP contribution is 2.28. The van der Waals surface area contributed by atoms with E-state index in [0.29, 0.717) is 6.04 Å². The van der Waals surface area contributed by atoms with Crippen LogP contribution in [0.25, 0.3) is 0 Å². The van der Waals surface area contributed by atoms with Gasteiger partial charge in [-0.25, -0.2) is 0 Å². The van der Waals surface area contributed by atoms with Gasteiger partial charge in [-0.3, -0.25) is 0 Å². The third-order valence-electron chi connectivity index (χ3n) is 4.06. The smallest absolute Gasteiger partial charge is 0.0593 e. The van der Waals surface area contributed by atoms with Crippen molar-refractivity contribution in [2.24, 2.45) is 5.92 Å². The Labute approximate surface area is 129 Å². The van der Waals surface area contributed by atoms with Gasteiger partial charge in [-0.1, -0.05) is 36.8 Å². The van der Waals surface area contributed by atoms with Crippen LogP contribution in [0.5, 0.6) is 0 Å². The van der Waals surface area contributed by atoms with E-state index in [4.69, 9.17) is 4.74 Å². The molecule has 1 aromatic rings. The van der Waals surface area contributed by atoms with Gasteiger partial charge >= 0.3 is 0 Å². The number of rotatable bonds is 10. The zero-order valence-electron chi connectivity index (χ0n) is 13.8. The van der Waals surface area contributed by atoms with Gasteiger partial charge in [0.2, 0.25) is 0 Å². The molecule has 0 saturated heterocycles. The number of hydrogen-bond acceptors (Lipinski definition) is 3. The Kier molecular flexibility index (Phi) is 6.68. The van der Waals surface area contributed by atoms with E-state index in [0.717, 1.165) is 38.8 Å². The highest BCUT2D eigenvalue weighted by molar-refractivity contribution is 5.25. The molecule has 0 spiro atoms. The SMILES string of the molecule is CCNC(CN(C)CCOCC1CC1)c1cccc(C)c1. The Balaban J connectivity index is 1.77. The summed E-state index contributed by atoms with van der Waals surface area (Å²) in [6.45, 7) is 9.14. The number of hydrogen-bond donors (Lipinski definition) is 1. The molecule has 0 heterocycles. The number of nitrogens with one attached hydrogen (secondary N) is 1. The van der Waals surface area contributed by atoms with Crippen molar-refractivity contribution in [2.45, 2.75) is 32.7 Å². The monoisotopic (exact) mass is 290 g/mol. The van der Waals surface area contributed by atoms with Crippen molar-refractivity contribution >= 4 is 0 Å². The molecular weight excluding hydrogens is 260 g/mol. The second-order valence-corrected chi connectivity index (χ2v) is 6.30. The van der Waals surface area contributed by atoms with E-state index >= 15 is 0 Å². The summed E-state index contributed by atoms with van der Waals surface area (Å²) in [6, 6.07) is 9.20. The molecule has 0 radical (unpaired) electrons. The molecule has 3 nitrogen and oxygen atoms in total. The van der Waals surface area contributed by atoms with E-state index in [9.17, 15) is 0 Å². The van der Waals surface area contributed by atoms with Crippen molar-refractivity contribution < 1.29 is 4.74 Å². The van der Waals surface area contributed by atoms with Gasteiger partial charge in [0.25, 0.3) is 0 Å². The summed E-state index contributed by atoms with van der Waals surface area (Å²) >= 11 is 0. The van der Waals surface area contributed by atoms with E-state index in [1.165, 1.54) is 24.0 Å². The van der Waals surface area contributed by atoms with Crippen LogP contribution in [0.2, 0.25) is 0 Å². The van der Waals surface area contributed by atoms with Crippen molar-refractivity contribution in [2.75, 3.05) is 39.9 Å². The third kappa shape index (κ3) is 6.16. The van der Waals surface area contributed by atoms with Crippen LogP contribution in [-0.2, 0) is 4.74 Å². The molecule has 2 rings (SSSR count). The largest absolute Gasteiger partial charge is 0.380 e. The molecule has 0 aromatic heterocycles. The molecule has 1 aromatic carbocycles. The first-order chi connectivity index (χ1) is 10.2. The maximum absolute atomic E-state index is 5.73. The molecule has 1 N–H and O–H groups in total. The molecule has 1 aliphatic rings. The molecule has 1 aliphatic carbocycles. The van der Waals surface area contributed by atoms with Gasteiger partial charge in [-0.15, -0.1) is 0 Å². The van der Waals surface area contributed by atoms with Crippen LogP contribution >= 0.6 is 0 Å². The standard InChI is InChI=1S/C18H30N2O/c1-4-19-18(17-7-5-6-15(2)12-17)13-20(3)10-11-21-14-16-8-9-16/h5-7,12,16,18-19H,4,8-11,13-14H2,1-3H3. The fraction of sp³-hybridized carbons (Fsp3) is 0.667. The lowest BCUT2D eigenvalue weighted by molar-refractivity contribution is 0.101. The van der Waals surface area contributed by atoms with Gasteiger partial charge in [0.15, 0.2) is 0 Å². The molecule has 3 heteroatoms. The zero-order valence-corrected chi connectivity index (χ0v) is 13.8. The highest BCUT2D eigenvalue weighted by atomic mass is 16.5. The molecule has 1 fully saturated rings. The van der Waals surface area contributed by atoms with E-state index in [1.54, 1.807) is 0 Å². The van der Waals surface area contributed by atoms with Gasteiger partial charge in [0.1, 0.15) is 0 Å². The molecular formula is C18H30N2O. The molecule has 0 bridgehead atoms. The summed E-state index contributed by atoms with van der Waals surface area (Å²) in [5, 5.41) is 3.59. The lowest BCUT2D eigenvalue weighted by Crippen LogP contribution is -2.34. The molecule has 21 heavy (non-hydrogen) atoms. The van der Waals surface area contributed by atoms with Crippen LogP contribution in [0, 0.1) is 12.8 Å². The minimum atomic E-state index is 0.392. The molecule has 0 amide bonds. The minimum absolute atomic E-state index is 0.392. The first kappa shape index (κ1) is 16.5. The Morgan fingerprint density at radius 1 is 1.38 bits per heavy atom. The molecule has 1 saturated carbocycles. The molecule has 1 unspecified atom stereocenters. The maximum Gasteiger partial charge on any atom is 0.0593 e. The summed E-state index contributed by atoms with van der Waals surface area (Å²) in [7, 11) is 2.18. The van der Waals surface area contributed by atoms with Gasteiger partial charge in [0, 0.05) is 25.7 Å². The quantitative estimate of drug-likeness (QED) is 0.670. The average molecular weight is 290 g/mol. The lowest BCUT2D eigenvalue weighted by atomic mass is 10.0. The number of benzene rings is 1. The van der Waals surface area contributed by atoms with Gasteiger partial charge in [-0.05, 0) is 44.8 Å². The van der Waals surface area contributed by atoms with Crippen molar-refractivity contribution in [3.63, 3.8) is 0 Å². The summed E-state index contributed by atoms with van der Waals surface area (Å²) in [4.78, 5) is 2.36. The van der Waals surface area contributed by atoms with Crippen molar-refractivity contribution in [1.82, 2.24) is 10.2 Å². The first-order valence-corrected chi connectivity index (χ1v) is 8.25. The van der Waals surface area contributed by atoms with Crippen LogP contribution in [0.1, 0.15) is 36.9 Å². The summed E-state index contributed by atoms with van der Waals surface area (Å²) in [5.41, 5.74) is 2.70. The Morgan fingerprint density at radius 2 is 2.19 bits per heavy atom. The summed E-state index contributed by atoms with van der Waals surface area (Å²) in [5.74, 6) is 0.858. The first-order valence-electron chi connectivity index (χ1n) is 8.25. The van der Waals surface area contributed by atoms with E-state index in [1.807, 2.05) is 0 Å². The van der Waals surface area contributed by atoms with Gasteiger partial charge in [0.05, 0.1) is 6.61 Å². The second-order valence-electron chi connectivity index (χ2n) is 6.30. The van der Waals surface area contributed by atoms with Crippen LogP contribution in [0.3, 0.4) is 0 Å². The van der Waals surface area contributed by atoms with Gasteiger partial charge in [-0.2, -0.15) is 0 Å². The fourth-order valence-corrected chi connectivity index (χ4v) is 2.58. The normalized spacial score (nSPS) is 16.4. The Morgan fingerprint density at radius 3 is 2.86 bits per heavy atom. The minimum Gasteiger partial charge on any atom is -0.380 e. The molecule has 1 atom stereocenters. The topological polar surface area (TPSA) is 24.5 Å². The van der Waals surface area contributed by atoms with E-state index in [2.05, 4.69) is 55.4 Å². The highest BCUT2D eigenvalue weighted by Gasteiger charge is 2.21. The Bertz CT molecular complexity index is 417. The van der Waals surface area contributed by atoms with Crippen LogP contribution in [-0.4, -0.2) is 44.8 Å². The fourth-order valence-electron chi connectivity index (χ4n) is 2.58. The Hall–Kier alpha value is -0.900. The van der Waals surface area contributed by atoms with Crippen molar-refractivity contribution in [1.29, 1.82) is 0 Å². The van der Waals surface area contributed by atoms with Gasteiger partial charge < -0.3 is 15.0 Å². The number of likely N-dealkylation sites (N-methyl/N-ethyl adjacent to an activating group) is 2. The lowest BCUT2D eigenvalue weighted by Gasteiger charge is -2.25. The maximum atomic E-state index is 5.73.